The molecule has 0 aromatic carbocycles. The van der Waals surface area contributed by atoms with Crippen LogP contribution < -0.4 is 5.73 Å². The predicted molar refractivity (Wildman–Crippen MR) is 46.4 cm³/mol. The molecular weight excluding hydrogens is 187 g/mol. The van der Waals surface area contributed by atoms with Crippen molar-refractivity contribution in [1.82, 2.24) is 25.0 Å². The largest absolute Gasteiger partial charge is 0.381 e. The number of nitrogen functional groups attached to an aromatic ring is 1. The number of aryl methyl sites for hydroxylation is 1. The summed E-state index contributed by atoms with van der Waals surface area (Å²) in [5.41, 5.74) is 5.74. The first-order chi connectivity index (χ1) is 6.66. The van der Waals surface area contributed by atoms with Gasteiger partial charge in [0.05, 0.1) is 12.4 Å². The maximum atomic E-state index is 12.7. The van der Waals surface area contributed by atoms with Crippen molar-refractivity contribution < 1.29 is 4.39 Å². The van der Waals surface area contributed by atoms with Crippen molar-refractivity contribution >= 4 is 5.82 Å². The molecule has 2 aromatic rings. The fourth-order valence-electron chi connectivity index (χ4n) is 0.954. The van der Waals surface area contributed by atoms with Crippen LogP contribution in [0.5, 0.6) is 0 Å². The van der Waals surface area contributed by atoms with Gasteiger partial charge in [0.15, 0.2) is 17.5 Å². The van der Waals surface area contributed by atoms with Gasteiger partial charge in [-0.3, -0.25) is 4.68 Å². The lowest BCUT2D eigenvalue weighted by Crippen LogP contribution is -1.99. The normalized spacial score (nSPS) is 10.4. The number of halogens is 1. The smallest absolute Gasteiger partial charge is 0.183 e. The zero-order valence-electron chi connectivity index (χ0n) is 7.35. The first-order valence-corrected chi connectivity index (χ1v) is 3.81. The molecule has 2 aromatic heterocycles. The number of hydrogen-bond donors (Lipinski definition) is 1. The number of nitrogens with zero attached hydrogens (tertiary/aromatic N) is 5. The summed E-state index contributed by atoms with van der Waals surface area (Å²) in [7, 11) is 1.71. The second kappa shape index (κ2) is 3.02. The van der Waals surface area contributed by atoms with Gasteiger partial charge in [-0.25, -0.2) is 14.4 Å². The molecule has 0 aliphatic heterocycles. The van der Waals surface area contributed by atoms with Gasteiger partial charge in [-0.15, -0.1) is 5.10 Å². The number of rotatable bonds is 1. The highest BCUT2D eigenvalue weighted by molar-refractivity contribution is 5.49. The van der Waals surface area contributed by atoms with Crippen molar-refractivity contribution in [3.63, 3.8) is 0 Å². The number of anilines is 1. The fourth-order valence-corrected chi connectivity index (χ4v) is 0.954. The SMILES string of the molecule is Cn1cc(-c2ncc(F)c(N)n2)nn1. The van der Waals surface area contributed by atoms with Gasteiger partial charge in [-0.2, -0.15) is 0 Å². The molecule has 72 valence electrons. The van der Waals surface area contributed by atoms with Gasteiger partial charge in [-0.1, -0.05) is 5.21 Å². The van der Waals surface area contributed by atoms with Crippen molar-refractivity contribution in [2.45, 2.75) is 0 Å². The zero-order valence-corrected chi connectivity index (χ0v) is 7.35. The lowest BCUT2D eigenvalue weighted by molar-refractivity contribution is 0.620. The van der Waals surface area contributed by atoms with E-state index in [-0.39, 0.29) is 11.6 Å². The van der Waals surface area contributed by atoms with E-state index in [1.165, 1.54) is 4.68 Å². The Hall–Kier alpha value is -2.05. The summed E-state index contributed by atoms with van der Waals surface area (Å²) in [4.78, 5) is 7.47. The Balaban J connectivity index is 2.47. The van der Waals surface area contributed by atoms with Crippen molar-refractivity contribution in [2.24, 2.45) is 7.05 Å². The van der Waals surface area contributed by atoms with Crippen molar-refractivity contribution in [1.29, 1.82) is 0 Å². The van der Waals surface area contributed by atoms with Crippen LogP contribution in [0.1, 0.15) is 0 Å². The lowest BCUT2D eigenvalue weighted by atomic mass is 10.4. The van der Waals surface area contributed by atoms with Crippen LogP contribution >= 0.6 is 0 Å². The Bertz CT molecular complexity index is 465. The molecular formula is C7H7FN6. The summed E-state index contributed by atoms with van der Waals surface area (Å²) in [6.07, 6.45) is 2.62. The van der Waals surface area contributed by atoms with E-state index in [0.29, 0.717) is 5.69 Å². The minimum absolute atomic E-state index is 0.194. The van der Waals surface area contributed by atoms with E-state index in [1.54, 1.807) is 13.2 Å². The molecule has 0 unspecified atom stereocenters. The van der Waals surface area contributed by atoms with E-state index in [4.69, 9.17) is 5.73 Å². The molecule has 2 rings (SSSR count). The van der Waals surface area contributed by atoms with Crippen LogP contribution in [-0.2, 0) is 7.05 Å². The van der Waals surface area contributed by atoms with Crippen LogP contribution in [0.2, 0.25) is 0 Å². The van der Waals surface area contributed by atoms with Crippen molar-refractivity contribution in [3.05, 3.63) is 18.2 Å². The van der Waals surface area contributed by atoms with Gasteiger partial charge in [0.1, 0.15) is 5.69 Å². The van der Waals surface area contributed by atoms with Gasteiger partial charge >= 0.3 is 0 Å². The quantitative estimate of drug-likeness (QED) is 0.690. The summed E-state index contributed by atoms with van der Waals surface area (Å²) in [6.45, 7) is 0. The summed E-state index contributed by atoms with van der Waals surface area (Å²) in [5, 5.41) is 7.46. The van der Waals surface area contributed by atoms with Crippen molar-refractivity contribution in [3.8, 4) is 11.5 Å². The highest BCUT2D eigenvalue weighted by Crippen LogP contribution is 2.12. The van der Waals surface area contributed by atoms with Crippen LogP contribution in [0.3, 0.4) is 0 Å². The van der Waals surface area contributed by atoms with Crippen LogP contribution in [-0.4, -0.2) is 25.0 Å². The number of aromatic nitrogens is 5. The van der Waals surface area contributed by atoms with Gasteiger partial charge in [0, 0.05) is 7.05 Å². The molecule has 7 heteroatoms. The van der Waals surface area contributed by atoms with E-state index in [2.05, 4.69) is 20.3 Å². The molecule has 0 radical (unpaired) electrons. The van der Waals surface area contributed by atoms with Gasteiger partial charge in [0.25, 0.3) is 0 Å². The molecule has 0 aliphatic carbocycles. The molecule has 0 saturated heterocycles. The Labute approximate surface area is 78.6 Å². The van der Waals surface area contributed by atoms with Gasteiger partial charge in [-0.05, 0) is 0 Å². The van der Waals surface area contributed by atoms with E-state index in [9.17, 15) is 4.39 Å². The molecule has 0 aliphatic rings. The minimum atomic E-state index is -0.641. The topological polar surface area (TPSA) is 82.5 Å². The third-order valence-corrected chi connectivity index (χ3v) is 1.60. The van der Waals surface area contributed by atoms with E-state index in [0.717, 1.165) is 6.20 Å². The first kappa shape index (κ1) is 8.54. The second-order valence-electron chi connectivity index (χ2n) is 2.70. The Morgan fingerprint density at radius 3 is 2.86 bits per heavy atom. The van der Waals surface area contributed by atoms with E-state index in [1.807, 2.05) is 0 Å². The molecule has 0 bridgehead atoms. The fraction of sp³-hybridized carbons (Fsp3) is 0.143. The molecule has 0 atom stereocenters. The van der Waals surface area contributed by atoms with E-state index < -0.39 is 5.82 Å². The third-order valence-electron chi connectivity index (χ3n) is 1.60. The molecule has 2 heterocycles. The third kappa shape index (κ3) is 1.39. The summed E-state index contributed by atoms with van der Waals surface area (Å²) in [5.74, 6) is -0.574. The zero-order chi connectivity index (χ0) is 10.1. The average molecular weight is 194 g/mol. The molecule has 0 amide bonds. The highest BCUT2D eigenvalue weighted by Gasteiger charge is 2.08. The minimum Gasteiger partial charge on any atom is -0.381 e. The summed E-state index contributed by atoms with van der Waals surface area (Å²) >= 11 is 0. The second-order valence-corrected chi connectivity index (χ2v) is 2.70. The van der Waals surface area contributed by atoms with E-state index >= 15 is 0 Å². The van der Waals surface area contributed by atoms with Crippen molar-refractivity contribution in [2.75, 3.05) is 5.73 Å². The first-order valence-electron chi connectivity index (χ1n) is 3.81. The number of hydrogen-bond acceptors (Lipinski definition) is 5. The van der Waals surface area contributed by atoms with Crippen LogP contribution in [0.25, 0.3) is 11.5 Å². The van der Waals surface area contributed by atoms with Crippen LogP contribution in [0.15, 0.2) is 12.4 Å². The lowest BCUT2D eigenvalue weighted by Gasteiger charge is -1.96. The van der Waals surface area contributed by atoms with Crippen LogP contribution in [0, 0.1) is 5.82 Å². The summed E-state index contributed by atoms with van der Waals surface area (Å²) < 4.78 is 14.2. The molecule has 6 nitrogen and oxygen atoms in total. The Morgan fingerprint density at radius 2 is 2.29 bits per heavy atom. The van der Waals surface area contributed by atoms with Gasteiger partial charge < -0.3 is 5.73 Å². The average Bonchev–Trinajstić information content (AvgIpc) is 2.57. The van der Waals surface area contributed by atoms with Gasteiger partial charge in [0.2, 0.25) is 0 Å². The number of nitrogens with two attached hydrogens (primary N) is 1. The van der Waals surface area contributed by atoms with Crippen LogP contribution in [0.4, 0.5) is 10.2 Å². The standard InChI is InChI=1S/C7H7FN6/c1-14-3-5(12-13-14)7-10-2-4(8)6(9)11-7/h2-3H,1H3,(H2,9,10,11). The monoisotopic (exact) mass is 194 g/mol. The molecule has 2 N–H and O–H groups in total. The Morgan fingerprint density at radius 1 is 1.50 bits per heavy atom. The maximum Gasteiger partial charge on any atom is 0.183 e. The maximum absolute atomic E-state index is 12.7. The molecule has 0 spiro atoms. The highest BCUT2D eigenvalue weighted by atomic mass is 19.1. The Kier molecular flexibility index (Phi) is 1.84. The predicted octanol–water partition coefficient (Wildman–Crippen LogP) is -0.00660. The molecule has 0 saturated carbocycles. The molecule has 0 fully saturated rings. The summed E-state index contributed by atoms with van der Waals surface area (Å²) in [6, 6.07) is 0. The molecule has 14 heavy (non-hydrogen) atoms.